The Labute approximate surface area is 209 Å². The zero-order chi connectivity index (χ0) is 24.5. The van der Waals surface area contributed by atoms with Gasteiger partial charge in [0.1, 0.15) is 11.9 Å². The van der Waals surface area contributed by atoms with E-state index in [1.54, 1.807) is 17.0 Å². The summed E-state index contributed by atoms with van der Waals surface area (Å²) < 4.78 is 13.7. The van der Waals surface area contributed by atoms with Gasteiger partial charge in [-0.3, -0.25) is 9.59 Å². The third kappa shape index (κ3) is 6.87. The highest BCUT2D eigenvalue weighted by Crippen LogP contribution is 2.24. The number of carbonyl (C=O) groups excluding carboxylic acids is 2. The van der Waals surface area contributed by atoms with Crippen molar-refractivity contribution < 1.29 is 14.0 Å². The van der Waals surface area contributed by atoms with Crippen molar-refractivity contribution in [2.45, 2.75) is 25.4 Å². The van der Waals surface area contributed by atoms with Crippen LogP contribution in [-0.2, 0) is 29.0 Å². The molecule has 4 nitrogen and oxygen atoms in total. The lowest BCUT2D eigenvalue weighted by atomic mass is 10.0. The molecule has 4 rings (SSSR count). The second-order valence-corrected chi connectivity index (χ2v) is 9.27. The molecule has 6 heteroatoms. The van der Waals surface area contributed by atoms with Crippen LogP contribution < -0.4 is 5.32 Å². The number of carbonyl (C=O) groups is 2. The van der Waals surface area contributed by atoms with Crippen LogP contribution in [0.5, 0.6) is 0 Å². The first-order chi connectivity index (χ1) is 17.1. The Hall–Kier alpha value is -3.77. The maximum atomic E-state index is 13.7. The SMILES string of the molecule is O=C(NCc1ccccc1)C(c1ccc(F)cc1)N(CCc1ccccc1)C(=O)Cc1cccs1. The zero-order valence-electron chi connectivity index (χ0n) is 19.3. The molecule has 1 atom stereocenters. The molecule has 1 unspecified atom stereocenters. The van der Waals surface area contributed by atoms with Gasteiger partial charge in [-0.2, -0.15) is 0 Å². The van der Waals surface area contributed by atoms with Crippen LogP contribution in [0, 0.1) is 5.82 Å². The van der Waals surface area contributed by atoms with Crippen molar-refractivity contribution >= 4 is 23.2 Å². The Bertz CT molecular complexity index is 1210. The van der Waals surface area contributed by atoms with Crippen molar-refractivity contribution in [2.75, 3.05) is 6.54 Å². The lowest BCUT2D eigenvalue weighted by Gasteiger charge is -2.31. The van der Waals surface area contributed by atoms with E-state index < -0.39 is 11.9 Å². The number of rotatable bonds is 10. The van der Waals surface area contributed by atoms with Gasteiger partial charge in [0.05, 0.1) is 6.42 Å². The summed E-state index contributed by atoms with van der Waals surface area (Å²) in [6, 6.07) is 28.2. The fourth-order valence-electron chi connectivity index (χ4n) is 3.96. The molecule has 0 radical (unpaired) electrons. The first-order valence-corrected chi connectivity index (χ1v) is 12.4. The summed E-state index contributed by atoms with van der Waals surface area (Å²) in [5.41, 5.74) is 2.60. The summed E-state index contributed by atoms with van der Waals surface area (Å²) in [6.45, 7) is 0.692. The summed E-state index contributed by atoms with van der Waals surface area (Å²) in [4.78, 5) is 29.7. The van der Waals surface area contributed by atoms with Gasteiger partial charge in [-0.15, -0.1) is 11.3 Å². The quantitative estimate of drug-likeness (QED) is 0.319. The molecule has 0 aliphatic carbocycles. The molecule has 0 saturated heterocycles. The largest absolute Gasteiger partial charge is 0.350 e. The number of hydrogen-bond donors (Lipinski definition) is 1. The van der Waals surface area contributed by atoms with Crippen molar-refractivity contribution in [2.24, 2.45) is 0 Å². The highest BCUT2D eigenvalue weighted by Gasteiger charge is 2.31. The number of halogens is 1. The van der Waals surface area contributed by atoms with E-state index in [9.17, 15) is 14.0 Å². The number of hydrogen-bond acceptors (Lipinski definition) is 3. The van der Waals surface area contributed by atoms with Gasteiger partial charge in [0.15, 0.2) is 0 Å². The Morgan fingerprint density at radius 2 is 1.49 bits per heavy atom. The summed E-state index contributed by atoms with van der Waals surface area (Å²) >= 11 is 1.51. The van der Waals surface area contributed by atoms with Crippen LogP contribution in [0.25, 0.3) is 0 Å². The topological polar surface area (TPSA) is 49.4 Å². The van der Waals surface area contributed by atoms with E-state index in [2.05, 4.69) is 5.32 Å². The summed E-state index contributed by atoms with van der Waals surface area (Å²) in [6.07, 6.45) is 0.802. The lowest BCUT2D eigenvalue weighted by Crippen LogP contribution is -2.45. The minimum absolute atomic E-state index is 0.146. The number of nitrogens with one attached hydrogen (secondary N) is 1. The van der Waals surface area contributed by atoms with Gasteiger partial charge < -0.3 is 10.2 Å². The van der Waals surface area contributed by atoms with E-state index in [4.69, 9.17) is 0 Å². The molecule has 3 aromatic carbocycles. The summed E-state index contributed by atoms with van der Waals surface area (Å²) in [5.74, 6) is -0.835. The van der Waals surface area contributed by atoms with E-state index in [1.165, 1.54) is 23.5 Å². The van der Waals surface area contributed by atoms with E-state index in [1.807, 2.05) is 78.2 Å². The predicted octanol–water partition coefficient (Wildman–Crippen LogP) is 5.56. The average Bonchev–Trinajstić information content (AvgIpc) is 3.40. The fourth-order valence-corrected chi connectivity index (χ4v) is 4.65. The molecule has 0 spiro atoms. The van der Waals surface area contributed by atoms with Crippen molar-refractivity contribution in [1.29, 1.82) is 0 Å². The van der Waals surface area contributed by atoms with Gasteiger partial charge in [-0.05, 0) is 46.7 Å². The molecule has 0 saturated carbocycles. The van der Waals surface area contributed by atoms with Crippen molar-refractivity contribution in [1.82, 2.24) is 10.2 Å². The van der Waals surface area contributed by atoms with Crippen LogP contribution in [0.3, 0.4) is 0 Å². The minimum atomic E-state index is -0.879. The van der Waals surface area contributed by atoms with Crippen LogP contribution in [0.1, 0.15) is 27.6 Å². The molecule has 1 heterocycles. The fraction of sp³-hybridized carbons (Fsp3) is 0.172. The zero-order valence-corrected chi connectivity index (χ0v) is 20.1. The molecule has 0 aliphatic heterocycles. The molecule has 178 valence electrons. The van der Waals surface area contributed by atoms with E-state index in [-0.39, 0.29) is 18.2 Å². The van der Waals surface area contributed by atoms with E-state index >= 15 is 0 Å². The molecule has 0 fully saturated rings. The van der Waals surface area contributed by atoms with E-state index in [0.29, 0.717) is 25.1 Å². The summed E-state index contributed by atoms with van der Waals surface area (Å²) in [7, 11) is 0. The third-order valence-electron chi connectivity index (χ3n) is 5.77. The van der Waals surface area contributed by atoms with Crippen LogP contribution in [0.4, 0.5) is 4.39 Å². The molecule has 0 aliphatic rings. The molecule has 4 aromatic rings. The van der Waals surface area contributed by atoms with Crippen LogP contribution in [-0.4, -0.2) is 23.3 Å². The number of nitrogens with zero attached hydrogens (tertiary/aromatic N) is 1. The lowest BCUT2D eigenvalue weighted by molar-refractivity contribution is -0.140. The smallest absolute Gasteiger partial charge is 0.247 e. The predicted molar refractivity (Wildman–Crippen MR) is 137 cm³/mol. The Kier molecular flexibility index (Phi) is 8.41. The molecular formula is C29H27FN2O2S. The highest BCUT2D eigenvalue weighted by atomic mass is 32.1. The maximum Gasteiger partial charge on any atom is 0.247 e. The van der Waals surface area contributed by atoms with Gasteiger partial charge >= 0.3 is 0 Å². The maximum absolute atomic E-state index is 13.7. The first kappa shape index (κ1) is 24.4. The third-order valence-corrected chi connectivity index (χ3v) is 6.64. The molecule has 0 bridgehead atoms. The second-order valence-electron chi connectivity index (χ2n) is 8.24. The van der Waals surface area contributed by atoms with Crippen molar-refractivity contribution in [3.8, 4) is 0 Å². The van der Waals surface area contributed by atoms with Crippen LogP contribution in [0.15, 0.2) is 102 Å². The standard InChI is InChI=1S/C29H27FN2O2S/c30-25-15-13-24(14-16-25)28(29(34)31-21-23-10-5-2-6-11-23)32(18-17-22-8-3-1-4-9-22)27(33)20-26-12-7-19-35-26/h1-16,19,28H,17-18,20-21H2,(H,31,34). The van der Waals surface area contributed by atoms with Gasteiger partial charge in [0, 0.05) is 18.0 Å². The normalized spacial score (nSPS) is 11.6. The van der Waals surface area contributed by atoms with Gasteiger partial charge in [0.25, 0.3) is 0 Å². The minimum Gasteiger partial charge on any atom is -0.350 e. The average molecular weight is 487 g/mol. The molecular weight excluding hydrogens is 459 g/mol. The van der Waals surface area contributed by atoms with Gasteiger partial charge in [-0.25, -0.2) is 4.39 Å². The number of benzene rings is 3. The second kappa shape index (κ2) is 12.1. The van der Waals surface area contributed by atoms with Crippen LogP contribution >= 0.6 is 11.3 Å². The Balaban J connectivity index is 1.63. The molecule has 35 heavy (non-hydrogen) atoms. The first-order valence-electron chi connectivity index (χ1n) is 11.5. The van der Waals surface area contributed by atoms with Gasteiger partial charge in [0.2, 0.25) is 11.8 Å². The molecule has 1 N–H and O–H groups in total. The monoisotopic (exact) mass is 486 g/mol. The van der Waals surface area contributed by atoms with E-state index in [0.717, 1.165) is 16.0 Å². The highest BCUT2D eigenvalue weighted by molar-refractivity contribution is 7.10. The Morgan fingerprint density at radius 1 is 0.829 bits per heavy atom. The molecule has 2 amide bonds. The van der Waals surface area contributed by atoms with Crippen molar-refractivity contribution in [3.05, 3.63) is 130 Å². The van der Waals surface area contributed by atoms with Gasteiger partial charge in [-0.1, -0.05) is 78.9 Å². The van der Waals surface area contributed by atoms with Crippen LogP contribution in [0.2, 0.25) is 0 Å². The molecule has 1 aromatic heterocycles. The summed E-state index contributed by atoms with van der Waals surface area (Å²) in [5, 5.41) is 4.91. The number of amides is 2. The van der Waals surface area contributed by atoms with Crippen molar-refractivity contribution in [3.63, 3.8) is 0 Å². The number of thiophene rings is 1. The Morgan fingerprint density at radius 3 is 2.11 bits per heavy atom.